The maximum atomic E-state index is 13.8. The Balaban J connectivity index is 1.55. The van der Waals surface area contributed by atoms with Crippen LogP contribution in [0.3, 0.4) is 0 Å². The summed E-state index contributed by atoms with van der Waals surface area (Å²) in [5.74, 6) is 0.568. The van der Waals surface area contributed by atoms with Gasteiger partial charge in [0, 0.05) is 38.0 Å². The molecule has 1 aliphatic heterocycles. The summed E-state index contributed by atoms with van der Waals surface area (Å²) in [5, 5.41) is 2.98. The minimum absolute atomic E-state index is 0.0592. The van der Waals surface area contributed by atoms with Crippen LogP contribution in [0.25, 0.3) is 0 Å². The van der Waals surface area contributed by atoms with E-state index in [0.717, 1.165) is 17.4 Å². The fraction of sp³-hybridized carbons (Fsp3) is 0.355. The maximum absolute atomic E-state index is 13.8. The molecule has 1 N–H and O–H groups in total. The molecule has 0 radical (unpaired) electrons. The number of anilines is 1. The molecule has 10 heteroatoms. The van der Waals surface area contributed by atoms with Crippen molar-refractivity contribution in [3.63, 3.8) is 0 Å². The van der Waals surface area contributed by atoms with Gasteiger partial charge in [0.25, 0.3) is 0 Å². The molecule has 0 aromatic heterocycles. The number of sulfonamides is 1. The summed E-state index contributed by atoms with van der Waals surface area (Å²) in [6.07, 6.45) is 1.80. The lowest BCUT2D eigenvalue weighted by atomic mass is 10.0. The summed E-state index contributed by atoms with van der Waals surface area (Å²) >= 11 is 0. The van der Waals surface area contributed by atoms with E-state index in [1.165, 1.54) is 4.31 Å². The molecule has 0 aliphatic carbocycles. The quantitative estimate of drug-likeness (QED) is 0.327. The number of benzene rings is 3. The van der Waals surface area contributed by atoms with Crippen LogP contribution >= 0.6 is 0 Å². The van der Waals surface area contributed by atoms with E-state index < -0.39 is 16.1 Å². The average molecular weight is 580 g/mol. The van der Waals surface area contributed by atoms with Crippen molar-refractivity contribution in [2.24, 2.45) is 0 Å². The molecule has 4 rings (SSSR count). The SMILES string of the molecule is CC(C)NC(=O)[C@@H](Cc1ccccc1)N(Cc1ccccc1)C(=O)CCCN(c1ccc2c(c1)OCO2)S(C)(=O)=O. The number of carbonyl (C=O) groups excluding carboxylic acids is 2. The van der Waals surface area contributed by atoms with Crippen molar-refractivity contribution in [1.82, 2.24) is 10.2 Å². The molecular weight excluding hydrogens is 542 g/mol. The molecule has 3 aromatic carbocycles. The molecular formula is C31H37N3O6S. The van der Waals surface area contributed by atoms with Crippen LogP contribution in [0.2, 0.25) is 0 Å². The summed E-state index contributed by atoms with van der Waals surface area (Å²) in [4.78, 5) is 28.9. The highest BCUT2D eigenvalue weighted by Gasteiger charge is 2.31. The largest absolute Gasteiger partial charge is 0.454 e. The monoisotopic (exact) mass is 579 g/mol. The maximum Gasteiger partial charge on any atom is 0.243 e. The number of rotatable bonds is 13. The van der Waals surface area contributed by atoms with E-state index >= 15 is 0 Å². The van der Waals surface area contributed by atoms with Gasteiger partial charge in [-0.25, -0.2) is 8.42 Å². The standard InChI is InChI=1S/C31H37N3O6S/c1-23(2)32-31(36)27(19-24-11-6-4-7-12-24)33(21-25-13-8-5-9-14-25)30(35)15-10-18-34(41(3,37)38)26-16-17-28-29(20-26)40-22-39-28/h4-9,11-14,16-17,20,23,27H,10,15,18-19,21-22H2,1-3H3,(H,32,36)/t27-/m1/s1. The lowest BCUT2D eigenvalue weighted by Gasteiger charge is -2.32. The first-order chi connectivity index (χ1) is 19.6. The van der Waals surface area contributed by atoms with E-state index in [1.807, 2.05) is 74.5 Å². The Kier molecular flexibility index (Phi) is 9.88. The molecule has 9 nitrogen and oxygen atoms in total. The summed E-state index contributed by atoms with van der Waals surface area (Å²) in [5.41, 5.74) is 2.27. The molecule has 0 spiro atoms. The minimum atomic E-state index is -3.64. The fourth-order valence-corrected chi connectivity index (χ4v) is 5.72. The van der Waals surface area contributed by atoms with Gasteiger partial charge >= 0.3 is 0 Å². The van der Waals surface area contributed by atoms with Gasteiger partial charge in [0.05, 0.1) is 11.9 Å². The number of nitrogens with one attached hydrogen (secondary N) is 1. The zero-order valence-corrected chi connectivity index (χ0v) is 24.5. The number of ether oxygens (including phenoxy) is 2. The average Bonchev–Trinajstić information content (AvgIpc) is 3.41. The lowest BCUT2D eigenvalue weighted by Crippen LogP contribution is -2.51. The Morgan fingerprint density at radius 3 is 2.17 bits per heavy atom. The van der Waals surface area contributed by atoms with Crippen LogP contribution in [-0.2, 0) is 32.6 Å². The van der Waals surface area contributed by atoms with Gasteiger partial charge in [0.15, 0.2) is 11.5 Å². The van der Waals surface area contributed by atoms with Gasteiger partial charge in [-0.05, 0) is 43.5 Å². The van der Waals surface area contributed by atoms with Crippen LogP contribution in [0.4, 0.5) is 5.69 Å². The van der Waals surface area contributed by atoms with Crippen molar-refractivity contribution in [2.45, 2.75) is 51.7 Å². The van der Waals surface area contributed by atoms with Crippen molar-refractivity contribution < 1.29 is 27.5 Å². The van der Waals surface area contributed by atoms with Crippen LogP contribution < -0.4 is 19.1 Å². The van der Waals surface area contributed by atoms with E-state index in [0.29, 0.717) is 23.6 Å². The van der Waals surface area contributed by atoms with E-state index in [1.54, 1.807) is 23.1 Å². The molecule has 1 atom stereocenters. The summed E-state index contributed by atoms with van der Waals surface area (Å²) < 4.78 is 37.4. The molecule has 0 saturated heterocycles. The van der Waals surface area contributed by atoms with Crippen molar-refractivity contribution in [1.29, 1.82) is 0 Å². The molecule has 0 fully saturated rings. The molecule has 1 aliphatic rings. The number of carbonyl (C=O) groups is 2. The van der Waals surface area contributed by atoms with Gasteiger partial charge in [-0.15, -0.1) is 0 Å². The van der Waals surface area contributed by atoms with Crippen molar-refractivity contribution in [3.8, 4) is 11.5 Å². The normalized spacial score (nSPS) is 13.1. The highest BCUT2D eigenvalue weighted by atomic mass is 32.2. The number of amides is 2. The second-order valence-electron chi connectivity index (χ2n) is 10.4. The third kappa shape index (κ3) is 8.23. The molecule has 218 valence electrons. The number of nitrogens with zero attached hydrogens (tertiary/aromatic N) is 2. The van der Waals surface area contributed by atoms with Gasteiger partial charge in [-0.1, -0.05) is 60.7 Å². The molecule has 41 heavy (non-hydrogen) atoms. The van der Waals surface area contributed by atoms with E-state index in [9.17, 15) is 18.0 Å². The first-order valence-electron chi connectivity index (χ1n) is 13.7. The Morgan fingerprint density at radius 1 is 0.902 bits per heavy atom. The highest BCUT2D eigenvalue weighted by molar-refractivity contribution is 7.92. The zero-order valence-electron chi connectivity index (χ0n) is 23.7. The van der Waals surface area contributed by atoms with Crippen LogP contribution in [-0.4, -0.2) is 56.8 Å². The first kappa shape index (κ1) is 29.9. The smallest absolute Gasteiger partial charge is 0.243 e. The van der Waals surface area contributed by atoms with Crippen molar-refractivity contribution in [2.75, 3.05) is 23.9 Å². The molecule has 1 heterocycles. The predicted molar refractivity (Wildman–Crippen MR) is 158 cm³/mol. The Labute approximate surface area is 242 Å². The summed E-state index contributed by atoms with van der Waals surface area (Å²) in [6.45, 7) is 4.19. The molecule has 3 aromatic rings. The van der Waals surface area contributed by atoms with Crippen LogP contribution in [0.15, 0.2) is 78.9 Å². The van der Waals surface area contributed by atoms with Gasteiger partial charge in [0.1, 0.15) is 6.04 Å². The Hall–Kier alpha value is -4.05. The van der Waals surface area contributed by atoms with Crippen molar-refractivity contribution >= 4 is 27.5 Å². The van der Waals surface area contributed by atoms with Gasteiger partial charge in [-0.3, -0.25) is 13.9 Å². The van der Waals surface area contributed by atoms with E-state index in [4.69, 9.17) is 9.47 Å². The van der Waals surface area contributed by atoms with E-state index in [2.05, 4.69) is 5.32 Å². The Bertz CT molecular complexity index is 1430. The number of fused-ring (bicyclic) bond motifs is 1. The fourth-order valence-electron chi connectivity index (χ4n) is 4.76. The first-order valence-corrected chi connectivity index (χ1v) is 15.5. The topological polar surface area (TPSA) is 105 Å². The molecule has 0 saturated carbocycles. The minimum Gasteiger partial charge on any atom is -0.454 e. The van der Waals surface area contributed by atoms with Crippen LogP contribution in [0.5, 0.6) is 11.5 Å². The highest BCUT2D eigenvalue weighted by Crippen LogP contribution is 2.36. The molecule has 0 bridgehead atoms. The van der Waals surface area contributed by atoms with Crippen LogP contribution in [0.1, 0.15) is 37.8 Å². The lowest BCUT2D eigenvalue weighted by molar-refractivity contribution is -0.141. The van der Waals surface area contributed by atoms with Crippen molar-refractivity contribution in [3.05, 3.63) is 90.0 Å². The van der Waals surface area contributed by atoms with Gasteiger partial charge in [-0.2, -0.15) is 0 Å². The zero-order chi connectivity index (χ0) is 29.4. The van der Waals surface area contributed by atoms with Gasteiger partial charge < -0.3 is 19.7 Å². The number of hydrogen-bond donors (Lipinski definition) is 1. The summed E-state index contributed by atoms with van der Waals surface area (Å²) in [7, 11) is -3.64. The third-order valence-corrected chi connectivity index (χ3v) is 7.89. The predicted octanol–water partition coefficient (Wildman–Crippen LogP) is 4.13. The van der Waals surface area contributed by atoms with Crippen LogP contribution in [0, 0.1) is 0 Å². The molecule has 0 unspecified atom stereocenters. The Morgan fingerprint density at radius 2 is 1.54 bits per heavy atom. The van der Waals surface area contributed by atoms with Gasteiger partial charge in [0.2, 0.25) is 28.6 Å². The molecule has 2 amide bonds. The number of hydrogen-bond acceptors (Lipinski definition) is 6. The third-order valence-electron chi connectivity index (χ3n) is 6.69. The van der Waals surface area contributed by atoms with E-state index in [-0.39, 0.29) is 50.6 Å². The second-order valence-corrected chi connectivity index (χ2v) is 12.3. The second kappa shape index (κ2) is 13.5. The summed E-state index contributed by atoms with van der Waals surface area (Å²) in [6, 6.07) is 23.3.